The zero-order valence-corrected chi connectivity index (χ0v) is 14.0. The van der Waals surface area contributed by atoms with E-state index in [2.05, 4.69) is 5.32 Å². The lowest BCUT2D eigenvalue weighted by Crippen LogP contribution is -2.35. The number of carbonyl (C=O) groups excluding carboxylic acids is 1. The maximum absolute atomic E-state index is 12.5. The third-order valence-corrected chi connectivity index (χ3v) is 3.79. The molecule has 0 aliphatic heterocycles. The topological polar surface area (TPSA) is 32.3 Å². The van der Waals surface area contributed by atoms with Gasteiger partial charge in [-0.05, 0) is 37.9 Å². The fourth-order valence-corrected chi connectivity index (χ4v) is 2.57. The van der Waals surface area contributed by atoms with Crippen LogP contribution in [-0.4, -0.2) is 31.4 Å². The van der Waals surface area contributed by atoms with Crippen LogP contribution in [0, 0.1) is 0 Å². The van der Waals surface area contributed by atoms with Gasteiger partial charge in [0.05, 0.1) is 16.6 Å². The van der Waals surface area contributed by atoms with Crippen LogP contribution in [0.2, 0.25) is 10.0 Å². The summed E-state index contributed by atoms with van der Waals surface area (Å²) < 4.78 is 0. The van der Waals surface area contributed by atoms with E-state index in [0.29, 0.717) is 22.2 Å². The lowest BCUT2D eigenvalue weighted by atomic mass is 10.1. The Morgan fingerprint density at radius 2 is 1.82 bits per heavy atom. The molecule has 5 heteroatoms. The minimum absolute atomic E-state index is 0.126. The second-order valence-corrected chi connectivity index (χ2v) is 6.17. The highest BCUT2D eigenvalue weighted by Crippen LogP contribution is 2.22. The van der Waals surface area contributed by atoms with Crippen molar-refractivity contribution in [2.75, 3.05) is 20.6 Å². The molecule has 0 unspecified atom stereocenters. The van der Waals surface area contributed by atoms with Crippen molar-refractivity contribution in [2.45, 2.75) is 6.04 Å². The van der Waals surface area contributed by atoms with Gasteiger partial charge >= 0.3 is 0 Å². The van der Waals surface area contributed by atoms with Gasteiger partial charge in [0.1, 0.15) is 0 Å². The van der Waals surface area contributed by atoms with E-state index in [1.807, 2.05) is 49.3 Å². The van der Waals surface area contributed by atoms with Crippen molar-refractivity contribution >= 4 is 29.1 Å². The van der Waals surface area contributed by atoms with E-state index in [4.69, 9.17) is 23.2 Å². The lowest BCUT2D eigenvalue weighted by molar-refractivity contribution is 0.0930. The molecule has 0 saturated heterocycles. The molecule has 0 spiro atoms. The van der Waals surface area contributed by atoms with Crippen molar-refractivity contribution in [3.05, 3.63) is 69.7 Å². The van der Waals surface area contributed by atoms with Crippen LogP contribution in [0.5, 0.6) is 0 Å². The second-order valence-electron chi connectivity index (χ2n) is 5.32. The fraction of sp³-hybridized carbons (Fsp3) is 0.235. The van der Waals surface area contributed by atoms with Gasteiger partial charge in [-0.3, -0.25) is 4.79 Å². The largest absolute Gasteiger partial charge is 0.344 e. The molecule has 1 atom stereocenters. The minimum Gasteiger partial charge on any atom is -0.344 e. The first-order valence-electron chi connectivity index (χ1n) is 6.93. The Balaban J connectivity index is 2.23. The third-order valence-electron chi connectivity index (χ3n) is 3.23. The zero-order valence-electron chi connectivity index (χ0n) is 12.5. The third kappa shape index (κ3) is 4.47. The van der Waals surface area contributed by atoms with Crippen LogP contribution in [0.1, 0.15) is 22.0 Å². The van der Waals surface area contributed by atoms with Gasteiger partial charge in [0.25, 0.3) is 5.91 Å². The number of halogens is 2. The highest BCUT2D eigenvalue weighted by atomic mass is 35.5. The van der Waals surface area contributed by atoms with Crippen molar-refractivity contribution in [2.24, 2.45) is 0 Å². The Hall–Kier alpha value is -1.55. The molecule has 2 aromatic rings. The highest BCUT2D eigenvalue weighted by molar-refractivity contribution is 6.35. The van der Waals surface area contributed by atoms with E-state index in [9.17, 15) is 4.79 Å². The number of amides is 1. The van der Waals surface area contributed by atoms with E-state index in [1.54, 1.807) is 18.2 Å². The van der Waals surface area contributed by atoms with Crippen molar-refractivity contribution < 1.29 is 4.79 Å². The molecule has 0 aliphatic rings. The molecular weight excluding hydrogens is 319 g/mol. The Kier molecular flexibility index (Phi) is 5.83. The number of hydrogen-bond acceptors (Lipinski definition) is 2. The molecule has 22 heavy (non-hydrogen) atoms. The summed E-state index contributed by atoms with van der Waals surface area (Å²) in [6, 6.07) is 14.6. The van der Waals surface area contributed by atoms with Crippen LogP contribution in [0.4, 0.5) is 0 Å². The molecule has 0 bridgehead atoms. The van der Waals surface area contributed by atoms with Gasteiger partial charge in [-0.1, -0.05) is 53.5 Å². The summed E-state index contributed by atoms with van der Waals surface area (Å²) in [7, 11) is 3.93. The number of likely N-dealkylation sites (N-methyl/N-ethyl adjacent to an activating group) is 1. The predicted octanol–water partition coefficient (Wildman–Crippen LogP) is 4.03. The van der Waals surface area contributed by atoms with Gasteiger partial charge in [-0.15, -0.1) is 0 Å². The molecule has 1 N–H and O–H groups in total. The Morgan fingerprint density at radius 1 is 1.14 bits per heavy atom. The zero-order chi connectivity index (χ0) is 16.1. The average Bonchev–Trinajstić information content (AvgIpc) is 2.49. The van der Waals surface area contributed by atoms with E-state index in [1.165, 1.54) is 0 Å². The second kappa shape index (κ2) is 7.63. The molecular formula is C17H18Cl2N2O. The standard InChI is InChI=1S/C17H18Cl2N2O/c1-21(2)11-16(12-6-4-3-5-7-12)20-17(22)14-10-13(18)8-9-15(14)19/h3-10,16H,11H2,1-2H3,(H,20,22)/t16-/m1/s1. The first kappa shape index (κ1) is 16.8. The summed E-state index contributed by atoms with van der Waals surface area (Å²) in [5, 5.41) is 3.90. The monoisotopic (exact) mass is 336 g/mol. The van der Waals surface area contributed by atoms with E-state index >= 15 is 0 Å². The molecule has 0 aromatic heterocycles. The van der Waals surface area contributed by atoms with Gasteiger partial charge in [0.2, 0.25) is 0 Å². The number of nitrogens with one attached hydrogen (secondary N) is 1. The molecule has 0 radical (unpaired) electrons. The minimum atomic E-state index is -0.233. The first-order valence-corrected chi connectivity index (χ1v) is 7.68. The van der Waals surface area contributed by atoms with E-state index < -0.39 is 0 Å². The summed E-state index contributed by atoms with van der Waals surface area (Å²) in [4.78, 5) is 14.5. The van der Waals surface area contributed by atoms with E-state index in [0.717, 1.165) is 5.56 Å². The van der Waals surface area contributed by atoms with Crippen LogP contribution < -0.4 is 5.32 Å². The van der Waals surface area contributed by atoms with Crippen LogP contribution in [0.3, 0.4) is 0 Å². The number of carbonyl (C=O) groups is 1. The normalized spacial score (nSPS) is 12.2. The summed E-state index contributed by atoms with van der Waals surface area (Å²) in [5.41, 5.74) is 1.43. The van der Waals surface area contributed by atoms with Crippen molar-refractivity contribution in [1.29, 1.82) is 0 Å². The van der Waals surface area contributed by atoms with Crippen molar-refractivity contribution in [1.82, 2.24) is 10.2 Å². The Bertz CT molecular complexity index is 644. The molecule has 0 saturated carbocycles. The first-order chi connectivity index (χ1) is 10.5. The van der Waals surface area contributed by atoms with Crippen LogP contribution in [0.25, 0.3) is 0 Å². The van der Waals surface area contributed by atoms with Gasteiger partial charge < -0.3 is 10.2 Å². The number of rotatable bonds is 5. The summed E-state index contributed by atoms with van der Waals surface area (Å²) in [6.45, 7) is 0.688. The fourth-order valence-electron chi connectivity index (χ4n) is 2.19. The maximum Gasteiger partial charge on any atom is 0.253 e. The van der Waals surface area contributed by atoms with Crippen LogP contribution in [-0.2, 0) is 0 Å². The molecule has 0 heterocycles. The summed E-state index contributed by atoms with van der Waals surface area (Å²) >= 11 is 12.0. The van der Waals surface area contributed by atoms with E-state index in [-0.39, 0.29) is 11.9 Å². The van der Waals surface area contributed by atoms with Crippen LogP contribution in [0.15, 0.2) is 48.5 Å². The molecule has 2 rings (SSSR count). The molecule has 2 aromatic carbocycles. The molecule has 3 nitrogen and oxygen atoms in total. The van der Waals surface area contributed by atoms with Gasteiger partial charge in [0.15, 0.2) is 0 Å². The molecule has 0 aliphatic carbocycles. The highest BCUT2D eigenvalue weighted by Gasteiger charge is 2.18. The number of hydrogen-bond donors (Lipinski definition) is 1. The molecule has 116 valence electrons. The van der Waals surface area contributed by atoms with Gasteiger partial charge in [-0.25, -0.2) is 0 Å². The summed E-state index contributed by atoms with van der Waals surface area (Å²) in [5.74, 6) is -0.233. The summed E-state index contributed by atoms with van der Waals surface area (Å²) in [6.07, 6.45) is 0. The number of benzene rings is 2. The molecule has 0 fully saturated rings. The van der Waals surface area contributed by atoms with Crippen molar-refractivity contribution in [3.63, 3.8) is 0 Å². The Morgan fingerprint density at radius 3 is 2.45 bits per heavy atom. The quantitative estimate of drug-likeness (QED) is 0.894. The Labute approximate surface area is 140 Å². The lowest BCUT2D eigenvalue weighted by Gasteiger charge is -2.23. The maximum atomic E-state index is 12.5. The van der Waals surface area contributed by atoms with Crippen LogP contribution >= 0.6 is 23.2 Å². The van der Waals surface area contributed by atoms with Gasteiger partial charge in [-0.2, -0.15) is 0 Å². The predicted molar refractivity (Wildman–Crippen MR) is 91.7 cm³/mol. The number of nitrogens with zero attached hydrogens (tertiary/aromatic N) is 1. The SMILES string of the molecule is CN(C)C[C@@H](NC(=O)c1cc(Cl)ccc1Cl)c1ccccc1. The van der Waals surface area contributed by atoms with Gasteiger partial charge in [0, 0.05) is 11.6 Å². The van der Waals surface area contributed by atoms with Crippen molar-refractivity contribution in [3.8, 4) is 0 Å². The average molecular weight is 337 g/mol. The molecule has 1 amide bonds. The smallest absolute Gasteiger partial charge is 0.253 e.